The van der Waals surface area contributed by atoms with Crippen LogP contribution in [0.25, 0.3) is 0 Å². The van der Waals surface area contributed by atoms with Gasteiger partial charge >= 0.3 is 6.03 Å². The van der Waals surface area contributed by atoms with Crippen LogP contribution in [0.2, 0.25) is 0 Å². The van der Waals surface area contributed by atoms with Crippen LogP contribution in [0.5, 0.6) is 0 Å². The zero-order valence-electron chi connectivity index (χ0n) is 9.06. The van der Waals surface area contributed by atoms with Crippen molar-refractivity contribution in [2.45, 2.75) is 5.03 Å². The van der Waals surface area contributed by atoms with E-state index in [-0.39, 0.29) is 5.75 Å². The molecule has 0 spiro atoms. The van der Waals surface area contributed by atoms with Crippen LogP contribution in [0.4, 0.5) is 4.79 Å². The number of nitriles is 1. The number of nitrogens with one attached hydrogen (secondary N) is 2. The van der Waals surface area contributed by atoms with Crippen molar-refractivity contribution in [3.63, 3.8) is 0 Å². The van der Waals surface area contributed by atoms with Gasteiger partial charge in [-0.1, -0.05) is 11.8 Å². The molecule has 1 aromatic heterocycles. The van der Waals surface area contributed by atoms with E-state index in [9.17, 15) is 9.59 Å². The molecule has 88 valence electrons. The van der Waals surface area contributed by atoms with Crippen molar-refractivity contribution in [3.8, 4) is 6.07 Å². The third kappa shape index (κ3) is 4.53. The summed E-state index contributed by atoms with van der Waals surface area (Å²) in [6.07, 6.45) is 1.50. The van der Waals surface area contributed by atoms with Gasteiger partial charge in [0.05, 0.1) is 22.4 Å². The number of urea groups is 1. The molecule has 2 N–H and O–H groups in total. The fourth-order valence-electron chi connectivity index (χ4n) is 0.923. The average Bonchev–Trinajstić information content (AvgIpc) is 2.36. The second-order valence-corrected chi connectivity index (χ2v) is 3.91. The maximum atomic E-state index is 11.3. The van der Waals surface area contributed by atoms with Gasteiger partial charge in [-0.05, 0) is 12.1 Å². The molecule has 0 aliphatic carbocycles. The molecule has 0 aliphatic rings. The van der Waals surface area contributed by atoms with Gasteiger partial charge in [-0.25, -0.2) is 9.78 Å². The minimum Gasteiger partial charge on any atom is -0.341 e. The van der Waals surface area contributed by atoms with Crippen LogP contribution in [0, 0.1) is 11.3 Å². The molecule has 0 saturated carbocycles. The highest BCUT2D eigenvalue weighted by atomic mass is 32.2. The van der Waals surface area contributed by atoms with E-state index in [1.165, 1.54) is 13.2 Å². The van der Waals surface area contributed by atoms with Crippen molar-refractivity contribution < 1.29 is 9.59 Å². The monoisotopic (exact) mass is 250 g/mol. The average molecular weight is 250 g/mol. The van der Waals surface area contributed by atoms with Gasteiger partial charge in [0.1, 0.15) is 0 Å². The predicted molar refractivity (Wildman–Crippen MR) is 62.3 cm³/mol. The van der Waals surface area contributed by atoms with Gasteiger partial charge in [-0.15, -0.1) is 0 Å². The number of thioether (sulfide) groups is 1. The smallest absolute Gasteiger partial charge is 0.321 e. The van der Waals surface area contributed by atoms with Crippen LogP contribution in [0.15, 0.2) is 23.4 Å². The topological polar surface area (TPSA) is 94.9 Å². The van der Waals surface area contributed by atoms with E-state index in [2.05, 4.69) is 15.6 Å². The molecule has 0 unspecified atom stereocenters. The fraction of sp³-hybridized carbons (Fsp3) is 0.200. The van der Waals surface area contributed by atoms with E-state index in [0.29, 0.717) is 10.6 Å². The molecule has 0 aliphatic heterocycles. The molecule has 0 saturated heterocycles. The lowest BCUT2D eigenvalue weighted by Crippen LogP contribution is -2.38. The lowest BCUT2D eigenvalue weighted by atomic mass is 10.3. The van der Waals surface area contributed by atoms with Crippen LogP contribution in [-0.4, -0.2) is 29.7 Å². The Labute approximate surface area is 102 Å². The van der Waals surface area contributed by atoms with E-state index in [0.717, 1.165) is 11.8 Å². The molecule has 0 bridgehead atoms. The SMILES string of the molecule is CNC(=O)NC(=O)CSc1cc(C#N)ccn1. The van der Waals surface area contributed by atoms with Gasteiger partial charge in [0.2, 0.25) is 5.91 Å². The molecule has 1 rings (SSSR count). The van der Waals surface area contributed by atoms with Crippen LogP contribution < -0.4 is 10.6 Å². The summed E-state index contributed by atoms with van der Waals surface area (Å²) in [6, 6.07) is 4.59. The molecule has 7 heteroatoms. The summed E-state index contributed by atoms with van der Waals surface area (Å²) >= 11 is 1.16. The molecule has 0 atom stereocenters. The number of carbonyl (C=O) groups excluding carboxylic acids is 2. The minimum absolute atomic E-state index is 0.0648. The molecule has 1 aromatic rings. The number of hydrogen-bond acceptors (Lipinski definition) is 5. The first-order chi connectivity index (χ1) is 8.15. The van der Waals surface area contributed by atoms with E-state index in [4.69, 9.17) is 5.26 Å². The first-order valence-corrected chi connectivity index (χ1v) is 5.64. The number of carbonyl (C=O) groups is 2. The first-order valence-electron chi connectivity index (χ1n) is 4.66. The van der Waals surface area contributed by atoms with Crippen molar-refractivity contribution >= 4 is 23.7 Å². The fourth-order valence-corrected chi connectivity index (χ4v) is 1.62. The van der Waals surface area contributed by atoms with Gasteiger partial charge in [-0.3, -0.25) is 10.1 Å². The summed E-state index contributed by atoms with van der Waals surface area (Å²) in [5, 5.41) is 13.6. The van der Waals surface area contributed by atoms with Gasteiger partial charge in [0.15, 0.2) is 0 Å². The number of amides is 3. The molecule has 6 nitrogen and oxygen atoms in total. The Morgan fingerprint density at radius 3 is 3.00 bits per heavy atom. The Hall–Kier alpha value is -2.07. The van der Waals surface area contributed by atoms with Gasteiger partial charge in [-0.2, -0.15) is 5.26 Å². The Balaban J connectivity index is 2.47. The summed E-state index contributed by atoms with van der Waals surface area (Å²) in [4.78, 5) is 26.1. The van der Waals surface area contributed by atoms with Gasteiger partial charge < -0.3 is 5.32 Å². The zero-order valence-corrected chi connectivity index (χ0v) is 9.87. The Kier molecular flexibility index (Phi) is 4.97. The van der Waals surface area contributed by atoms with Crippen LogP contribution >= 0.6 is 11.8 Å². The van der Waals surface area contributed by atoms with Crippen molar-refractivity contribution in [1.29, 1.82) is 5.26 Å². The van der Waals surface area contributed by atoms with Crippen LogP contribution in [0.1, 0.15) is 5.56 Å². The first kappa shape index (κ1) is 13.0. The summed E-state index contributed by atoms with van der Waals surface area (Å²) < 4.78 is 0. The van der Waals surface area contributed by atoms with Crippen molar-refractivity contribution in [3.05, 3.63) is 23.9 Å². The summed E-state index contributed by atoms with van der Waals surface area (Å²) in [5.41, 5.74) is 0.481. The van der Waals surface area contributed by atoms with Crippen molar-refractivity contribution in [1.82, 2.24) is 15.6 Å². The molecule has 17 heavy (non-hydrogen) atoms. The zero-order chi connectivity index (χ0) is 12.7. The Bertz CT molecular complexity index is 470. The number of hydrogen-bond donors (Lipinski definition) is 2. The summed E-state index contributed by atoms with van der Waals surface area (Å²) in [7, 11) is 1.42. The number of aromatic nitrogens is 1. The van der Waals surface area contributed by atoms with Crippen molar-refractivity contribution in [2.75, 3.05) is 12.8 Å². The maximum Gasteiger partial charge on any atom is 0.321 e. The molecular weight excluding hydrogens is 240 g/mol. The standard InChI is InChI=1S/C10H10N4O2S/c1-12-10(16)14-8(15)6-17-9-4-7(5-11)2-3-13-9/h2-4H,6H2,1H3,(H2,12,14,15,16). The summed E-state index contributed by atoms with van der Waals surface area (Å²) in [5.74, 6) is -0.353. The van der Waals surface area contributed by atoms with Crippen LogP contribution in [-0.2, 0) is 4.79 Å². The maximum absolute atomic E-state index is 11.3. The quantitative estimate of drug-likeness (QED) is 0.762. The van der Waals surface area contributed by atoms with Crippen LogP contribution in [0.3, 0.4) is 0 Å². The van der Waals surface area contributed by atoms with E-state index in [1.807, 2.05) is 6.07 Å². The highest BCUT2D eigenvalue weighted by Gasteiger charge is 2.07. The third-order valence-corrected chi connectivity index (χ3v) is 2.62. The van der Waals surface area contributed by atoms with E-state index < -0.39 is 11.9 Å². The lowest BCUT2D eigenvalue weighted by molar-refractivity contribution is -0.117. The van der Waals surface area contributed by atoms with E-state index in [1.54, 1.807) is 12.1 Å². The Morgan fingerprint density at radius 1 is 1.59 bits per heavy atom. The Morgan fingerprint density at radius 2 is 2.35 bits per heavy atom. The summed E-state index contributed by atoms with van der Waals surface area (Å²) in [6.45, 7) is 0. The second kappa shape index (κ2) is 6.50. The molecule has 0 aromatic carbocycles. The lowest BCUT2D eigenvalue weighted by Gasteiger charge is -2.02. The molecular formula is C10H10N4O2S. The molecule has 3 amide bonds. The highest BCUT2D eigenvalue weighted by molar-refractivity contribution is 7.99. The molecule has 0 fully saturated rings. The number of rotatable bonds is 3. The van der Waals surface area contributed by atoms with Gasteiger partial charge in [0, 0.05) is 13.2 Å². The predicted octanol–water partition coefficient (Wildman–Crippen LogP) is 0.501. The normalized spacial score (nSPS) is 9.18. The molecule has 0 radical (unpaired) electrons. The second-order valence-electron chi connectivity index (χ2n) is 2.91. The number of nitrogens with zero attached hydrogens (tertiary/aromatic N) is 2. The van der Waals surface area contributed by atoms with E-state index >= 15 is 0 Å². The molecule has 1 heterocycles. The van der Waals surface area contributed by atoms with Crippen molar-refractivity contribution in [2.24, 2.45) is 0 Å². The third-order valence-electron chi connectivity index (χ3n) is 1.70. The minimum atomic E-state index is -0.547. The highest BCUT2D eigenvalue weighted by Crippen LogP contribution is 2.15. The number of imide groups is 1. The largest absolute Gasteiger partial charge is 0.341 e. The van der Waals surface area contributed by atoms with Gasteiger partial charge in [0.25, 0.3) is 0 Å². The number of pyridine rings is 1.